The minimum absolute atomic E-state index is 0. The van der Waals surface area contributed by atoms with Crippen LogP contribution in [0.15, 0.2) is 18.2 Å². The summed E-state index contributed by atoms with van der Waals surface area (Å²) in [6, 6.07) is 4.58. The Morgan fingerprint density at radius 1 is 1.36 bits per heavy atom. The second-order valence-electron chi connectivity index (χ2n) is 4.85. The number of benzene rings is 1. The Morgan fingerprint density at radius 2 is 2.00 bits per heavy atom. The van der Waals surface area contributed by atoms with Crippen molar-refractivity contribution in [3.8, 4) is 11.5 Å². The maximum absolute atomic E-state index is 12.6. The number of nitrogens with zero attached hydrogens (tertiary/aromatic N) is 1. The van der Waals surface area contributed by atoms with E-state index in [9.17, 15) is 13.6 Å². The van der Waals surface area contributed by atoms with E-state index in [0.29, 0.717) is 25.9 Å². The lowest BCUT2D eigenvalue weighted by molar-refractivity contribution is -0.0516. The van der Waals surface area contributed by atoms with Crippen LogP contribution < -0.4 is 15.2 Å². The van der Waals surface area contributed by atoms with Gasteiger partial charge in [0.05, 0.1) is 12.7 Å². The molecule has 0 spiro atoms. The Kier molecular flexibility index (Phi) is 6.83. The van der Waals surface area contributed by atoms with Crippen molar-refractivity contribution in [2.24, 2.45) is 5.73 Å². The Balaban J connectivity index is 0.00000242. The van der Waals surface area contributed by atoms with Gasteiger partial charge in [-0.25, -0.2) is 0 Å². The van der Waals surface area contributed by atoms with Crippen LogP contribution in [-0.2, 0) is 0 Å². The molecule has 1 saturated heterocycles. The molecular weight excluding hydrogens is 318 g/mol. The summed E-state index contributed by atoms with van der Waals surface area (Å²) in [5, 5.41) is 0. The third-order valence-electron chi connectivity index (χ3n) is 3.46. The molecule has 1 aromatic carbocycles. The van der Waals surface area contributed by atoms with Crippen molar-refractivity contribution in [2.75, 3.05) is 20.2 Å². The number of methoxy groups -OCH3 is 1. The molecule has 1 aromatic rings. The van der Waals surface area contributed by atoms with E-state index in [2.05, 4.69) is 4.74 Å². The predicted octanol–water partition coefficient (Wildman–Crippen LogP) is 2.28. The van der Waals surface area contributed by atoms with Crippen molar-refractivity contribution in [1.82, 2.24) is 4.90 Å². The zero-order valence-corrected chi connectivity index (χ0v) is 12.9. The highest BCUT2D eigenvalue weighted by Gasteiger charge is 2.26. The van der Waals surface area contributed by atoms with Crippen LogP contribution in [0, 0.1) is 0 Å². The number of halogens is 3. The predicted molar refractivity (Wildman–Crippen MR) is 80.0 cm³/mol. The summed E-state index contributed by atoms with van der Waals surface area (Å²) >= 11 is 0. The van der Waals surface area contributed by atoms with Crippen LogP contribution in [0.5, 0.6) is 11.5 Å². The van der Waals surface area contributed by atoms with Crippen LogP contribution >= 0.6 is 12.4 Å². The summed E-state index contributed by atoms with van der Waals surface area (Å²) in [5.41, 5.74) is 5.87. The van der Waals surface area contributed by atoms with Gasteiger partial charge in [-0.2, -0.15) is 8.78 Å². The van der Waals surface area contributed by atoms with Gasteiger partial charge in [0.25, 0.3) is 5.91 Å². The number of likely N-dealkylation sites (tertiary alicyclic amines) is 1. The fourth-order valence-corrected chi connectivity index (χ4v) is 2.33. The number of rotatable bonds is 4. The van der Waals surface area contributed by atoms with E-state index in [1.807, 2.05) is 0 Å². The molecular formula is C14H19ClF2N2O3. The quantitative estimate of drug-likeness (QED) is 0.916. The van der Waals surface area contributed by atoms with E-state index in [4.69, 9.17) is 10.5 Å². The molecule has 2 N–H and O–H groups in total. The van der Waals surface area contributed by atoms with Gasteiger partial charge in [0.2, 0.25) is 0 Å². The minimum atomic E-state index is -3.03. The van der Waals surface area contributed by atoms with Crippen LogP contribution in [0.4, 0.5) is 8.78 Å². The number of para-hydroxylation sites is 1. The SMILES string of the molecule is COc1cccc(C(=O)N2CCC(N)CC2)c1OC(F)F.Cl. The first-order valence-electron chi connectivity index (χ1n) is 6.69. The van der Waals surface area contributed by atoms with Gasteiger partial charge in [-0.15, -0.1) is 12.4 Å². The number of piperidine rings is 1. The van der Waals surface area contributed by atoms with Crippen molar-refractivity contribution in [1.29, 1.82) is 0 Å². The van der Waals surface area contributed by atoms with Gasteiger partial charge in [0.15, 0.2) is 11.5 Å². The standard InChI is InChI=1S/C14H18F2N2O3.ClH/c1-20-11-4-2-3-10(12(11)21-14(15)16)13(19)18-7-5-9(17)6-8-18;/h2-4,9,14H,5-8,17H2,1H3;1H. The number of carbonyl (C=O) groups is 1. The van der Waals surface area contributed by atoms with Gasteiger partial charge >= 0.3 is 6.61 Å². The van der Waals surface area contributed by atoms with Gasteiger partial charge in [0, 0.05) is 19.1 Å². The molecule has 0 bridgehead atoms. The molecule has 0 aromatic heterocycles. The van der Waals surface area contributed by atoms with Crippen molar-refractivity contribution in [3.63, 3.8) is 0 Å². The van der Waals surface area contributed by atoms with Gasteiger partial charge in [-0.3, -0.25) is 4.79 Å². The summed E-state index contributed by atoms with van der Waals surface area (Å²) in [6.45, 7) is -2.01. The Hall–Kier alpha value is -1.60. The smallest absolute Gasteiger partial charge is 0.387 e. The zero-order valence-electron chi connectivity index (χ0n) is 12.1. The second-order valence-corrected chi connectivity index (χ2v) is 4.85. The third-order valence-corrected chi connectivity index (χ3v) is 3.46. The molecule has 1 aliphatic heterocycles. The number of carbonyl (C=O) groups excluding carboxylic acids is 1. The summed E-state index contributed by atoms with van der Waals surface area (Å²) in [7, 11) is 1.34. The molecule has 1 aliphatic rings. The lowest BCUT2D eigenvalue weighted by atomic mass is 10.0. The summed E-state index contributed by atoms with van der Waals surface area (Å²) in [4.78, 5) is 14.1. The van der Waals surface area contributed by atoms with E-state index in [0.717, 1.165) is 0 Å². The normalized spacial score (nSPS) is 15.4. The van der Waals surface area contributed by atoms with Crippen molar-refractivity contribution in [3.05, 3.63) is 23.8 Å². The highest BCUT2D eigenvalue weighted by molar-refractivity contribution is 5.97. The van der Waals surface area contributed by atoms with Gasteiger partial charge in [0.1, 0.15) is 0 Å². The first-order chi connectivity index (χ1) is 10.0. The van der Waals surface area contributed by atoms with E-state index in [1.54, 1.807) is 11.0 Å². The summed E-state index contributed by atoms with van der Waals surface area (Å²) in [5.74, 6) is -0.471. The van der Waals surface area contributed by atoms with Crippen LogP contribution in [0.2, 0.25) is 0 Å². The summed E-state index contributed by atoms with van der Waals surface area (Å²) in [6.07, 6.45) is 1.39. The maximum Gasteiger partial charge on any atom is 0.387 e. The average molecular weight is 337 g/mol. The first-order valence-corrected chi connectivity index (χ1v) is 6.69. The van der Waals surface area contributed by atoms with Gasteiger partial charge in [-0.1, -0.05) is 6.07 Å². The molecule has 2 rings (SSSR count). The monoisotopic (exact) mass is 336 g/mol. The molecule has 1 amide bonds. The van der Waals surface area contributed by atoms with Crippen LogP contribution in [0.25, 0.3) is 0 Å². The number of hydrogen-bond donors (Lipinski definition) is 1. The Bertz CT molecular complexity index is 509. The molecule has 0 radical (unpaired) electrons. The second kappa shape index (κ2) is 8.14. The number of hydrogen-bond acceptors (Lipinski definition) is 4. The molecule has 1 fully saturated rings. The molecule has 8 heteroatoms. The Morgan fingerprint density at radius 3 is 2.55 bits per heavy atom. The van der Waals surface area contributed by atoms with E-state index in [-0.39, 0.29) is 41.4 Å². The lowest BCUT2D eigenvalue weighted by Crippen LogP contribution is -2.43. The largest absolute Gasteiger partial charge is 0.493 e. The zero-order chi connectivity index (χ0) is 15.4. The minimum Gasteiger partial charge on any atom is -0.493 e. The molecule has 124 valence electrons. The van der Waals surface area contributed by atoms with Gasteiger partial charge < -0.3 is 20.1 Å². The average Bonchev–Trinajstić information content (AvgIpc) is 2.47. The lowest BCUT2D eigenvalue weighted by Gasteiger charge is -2.30. The molecule has 5 nitrogen and oxygen atoms in total. The van der Waals surface area contributed by atoms with Crippen molar-refractivity contribution < 1.29 is 23.0 Å². The Labute approximate surface area is 133 Å². The number of amides is 1. The highest BCUT2D eigenvalue weighted by Crippen LogP contribution is 2.33. The summed E-state index contributed by atoms with van der Waals surface area (Å²) < 4.78 is 34.6. The van der Waals surface area contributed by atoms with Crippen LogP contribution in [-0.4, -0.2) is 43.7 Å². The molecule has 0 unspecified atom stereocenters. The highest BCUT2D eigenvalue weighted by atomic mass is 35.5. The fourth-order valence-electron chi connectivity index (χ4n) is 2.33. The number of ether oxygens (including phenoxy) is 2. The van der Waals surface area contributed by atoms with E-state index < -0.39 is 6.61 Å². The molecule has 0 atom stereocenters. The third kappa shape index (κ3) is 4.20. The first kappa shape index (κ1) is 18.4. The molecule has 1 heterocycles. The molecule has 0 aliphatic carbocycles. The molecule has 22 heavy (non-hydrogen) atoms. The maximum atomic E-state index is 12.6. The number of alkyl halides is 2. The van der Waals surface area contributed by atoms with Gasteiger partial charge in [-0.05, 0) is 25.0 Å². The van der Waals surface area contributed by atoms with E-state index >= 15 is 0 Å². The van der Waals surface area contributed by atoms with E-state index in [1.165, 1.54) is 19.2 Å². The topological polar surface area (TPSA) is 64.8 Å². The fraction of sp³-hybridized carbons (Fsp3) is 0.500. The molecule has 0 saturated carbocycles. The number of nitrogens with two attached hydrogens (primary N) is 1. The van der Waals surface area contributed by atoms with Crippen LogP contribution in [0.3, 0.4) is 0 Å². The van der Waals surface area contributed by atoms with Crippen molar-refractivity contribution >= 4 is 18.3 Å². The van der Waals surface area contributed by atoms with Crippen LogP contribution in [0.1, 0.15) is 23.2 Å². The van der Waals surface area contributed by atoms with Crippen molar-refractivity contribution in [2.45, 2.75) is 25.5 Å².